The van der Waals surface area contributed by atoms with Crippen molar-refractivity contribution in [2.24, 2.45) is 5.92 Å². The maximum absolute atomic E-state index is 12.1. The number of unbranched alkanes of at least 4 members (excludes halogenated alkanes) is 9. The molecule has 2 atom stereocenters. The minimum Gasteiger partial charge on any atom is -0.465 e. The molecular formula is C22H44O4S. The van der Waals surface area contributed by atoms with Crippen LogP contribution in [0.4, 0.5) is 0 Å². The third-order valence-electron chi connectivity index (χ3n) is 4.86. The van der Waals surface area contributed by atoms with E-state index in [0.717, 1.165) is 24.3 Å². The van der Waals surface area contributed by atoms with Crippen molar-refractivity contribution in [1.82, 2.24) is 0 Å². The Balaban J connectivity index is 3.58. The summed E-state index contributed by atoms with van der Waals surface area (Å²) in [7, 11) is 3.37. The summed E-state index contributed by atoms with van der Waals surface area (Å²) >= 11 is 1.71. The zero-order valence-electron chi connectivity index (χ0n) is 18.5. The summed E-state index contributed by atoms with van der Waals surface area (Å²) in [6.45, 7) is 7.33. The Hall–Kier alpha value is -0.260. The fraction of sp³-hybridized carbons (Fsp3) is 0.955. The van der Waals surface area contributed by atoms with Gasteiger partial charge in [-0.25, -0.2) is 0 Å². The fourth-order valence-corrected chi connectivity index (χ4v) is 4.13. The first-order valence-electron chi connectivity index (χ1n) is 10.8. The van der Waals surface area contributed by atoms with Gasteiger partial charge >= 0.3 is 5.97 Å². The number of methoxy groups -OCH3 is 2. The van der Waals surface area contributed by atoms with Crippen LogP contribution in [0.3, 0.4) is 0 Å². The van der Waals surface area contributed by atoms with Gasteiger partial charge in [0.1, 0.15) is 0 Å². The third-order valence-corrected chi connectivity index (χ3v) is 6.41. The smallest absolute Gasteiger partial charge is 0.309 e. The Morgan fingerprint density at radius 1 is 0.963 bits per heavy atom. The SMILES string of the molecule is CCCCCCCCCCCCOC(=O)C(C)CSCC(C)(COC)OC. The molecule has 0 aromatic rings. The molecule has 0 aliphatic carbocycles. The monoisotopic (exact) mass is 404 g/mol. The predicted molar refractivity (Wildman–Crippen MR) is 117 cm³/mol. The van der Waals surface area contributed by atoms with E-state index in [1.807, 2.05) is 13.8 Å². The first kappa shape index (κ1) is 26.7. The predicted octanol–water partition coefficient (Wildman–Crippen LogP) is 5.87. The summed E-state index contributed by atoms with van der Waals surface area (Å²) in [6.07, 6.45) is 12.9. The second kappa shape index (κ2) is 17.8. The van der Waals surface area contributed by atoms with E-state index < -0.39 is 0 Å². The van der Waals surface area contributed by atoms with Crippen LogP contribution in [0.5, 0.6) is 0 Å². The molecule has 0 aliphatic heterocycles. The molecule has 0 saturated carbocycles. The number of ether oxygens (including phenoxy) is 3. The van der Waals surface area contributed by atoms with E-state index in [1.54, 1.807) is 26.0 Å². The molecule has 0 aromatic heterocycles. The number of thioether (sulfide) groups is 1. The first-order valence-corrected chi connectivity index (χ1v) is 11.9. The third kappa shape index (κ3) is 15.4. The maximum Gasteiger partial charge on any atom is 0.309 e. The second-order valence-corrected chi connectivity index (χ2v) is 8.88. The molecule has 0 radical (unpaired) electrons. The topological polar surface area (TPSA) is 44.8 Å². The van der Waals surface area contributed by atoms with Crippen molar-refractivity contribution in [2.45, 2.75) is 90.6 Å². The minimum absolute atomic E-state index is 0.0794. The molecule has 0 aromatic carbocycles. The Kier molecular flexibility index (Phi) is 17.6. The largest absolute Gasteiger partial charge is 0.465 e. The van der Waals surface area contributed by atoms with Crippen LogP contribution >= 0.6 is 11.8 Å². The van der Waals surface area contributed by atoms with E-state index in [2.05, 4.69) is 6.92 Å². The molecule has 0 bridgehead atoms. The van der Waals surface area contributed by atoms with Crippen LogP contribution in [0, 0.1) is 5.92 Å². The lowest BCUT2D eigenvalue weighted by atomic mass is 10.1. The Morgan fingerprint density at radius 2 is 1.52 bits per heavy atom. The molecular weight excluding hydrogens is 360 g/mol. The average molecular weight is 405 g/mol. The molecule has 0 heterocycles. The van der Waals surface area contributed by atoms with Gasteiger partial charge in [0, 0.05) is 25.7 Å². The van der Waals surface area contributed by atoms with Gasteiger partial charge in [0.25, 0.3) is 0 Å². The van der Waals surface area contributed by atoms with Crippen molar-refractivity contribution in [3.05, 3.63) is 0 Å². The highest BCUT2D eigenvalue weighted by Gasteiger charge is 2.24. The van der Waals surface area contributed by atoms with Gasteiger partial charge in [-0.15, -0.1) is 0 Å². The lowest BCUT2D eigenvalue weighted by Gasteiger charge is -2.27. The highest BCUT2D eigenvalue weighted by molar-refractivity contribution is 7.99. The van der Waals surface area contributed by atoms with Crippen LogP contribution in [0.15, 0.2) is 0 Å². The summed E-state index contributed by atoms with van der Waals surface area (Å²) < 4.78 is 16.1. The maximum atomic E-state index is 12.1. The van der Waals surface area contributed by atoms with Crippen molar-refractivity contribution in [3.63, 3.8) is 0 Å². The number of rotatable bonds is 19. The number of esters is 1. The molecule has 5 heteroatoms. The van der Waals surface area contributed by atoms with Gasteiger partial charge in [-0.1, -0.05) is 71.6 Å². The van der Waals surface area contributed by atoms with Gasteiger partial charge in [0.05, 0.1) is 24.7 Å². The van der Waals surface area contributed by atoms with Crippen LogP contribution in [0.2, 0.25) is 0 Å². The van der Waals surface area contributed by atoms with E-state index in [9.17, 15) is 4.79 Å². The van der Waals surface area contributed by atoms with Crippen molar-refractivity contribution < 1.29 is 19.0 Å². The molecule has 0 spiro atoms. The van der Waals surface area contributed by atoms with Gasteiger partial charge < -0.3 is 14.2 Å². The Bertz CT molecular complexity index is 351. The molecule has 2 unspecified atom stereocenters. The number of hydrogen-bond acceptors (Lipinski definition) is 5. The normalized spacial score (nSPS) is 14.7. The number of carbonyl (C=O) groups excluding carboxylic acids is 1. The minimum atomic E-state index is -0.307. The quantitative estimate of drug-likeness (QED) is 0.199. The molecule has 0 aliphatic rings. The zero-order chi connectivity index (χ0) is 20.4. The van der Waals surface area contributed by atoms with E-state index in [4.69, 9.17) is 14.2 Å². The molecule has 0 rings (SSSR count). The second-order valence-electron chi connectivity index (χ2n) is 7.85. The summed E-state index contributed by atoms with van der Waals surface area (Å²) in [5.74, 6) is 1.39. The molecule has 4 nitrogen and oxygen atoms in total. The van der Waals surface area contributed by atoms with Crippen LogP contribution in [-0.4, -0.2) is 50.5 Å². The van der Waals surface area contributed by atoms with E-state index in [-0.39, 0.29) is 17.5 Å². The van der Waals surface area contributed by atoms with Crippen LogP contribution < -0.4 is 0 Å². The van der Waals surface area contributed by atoms with E-state index in [0.29, 0.717) is 13.2 Å². The van der Waals surface area contributed by atoms with Crippen LogP contribution in [-0.2, 0) is 19.0 Å². The van der Waals surface area contributed by atoms with Gasteiger partial charge in [-0.05, 0) is 13.3 Å². The lowest BCUT2D eigenvalue weighted by Crippen LogP contribution is -2.36. The summed E-state index contributed by atoms with van der Waals surface area (Å²) in [5.41, 5.74) is -0.307. The molecule has 162 valence electrons. The summed E-state index contributed by atoms with van der Waals surface area (Å²) in [6, 6.07) is 0. The zero-order valence-corrected chi connectivity index (χ0v) is 19.3. The van der Waals surface area contributed by atoms with Gasteiger partial charge in [0.2, 0.25) is 0 Å². The molecule has 0 amide bonds. The van der Waals surface area contributed by atoms with Crippen molar-refractivity contribution in [2.75, 3.05) is 38.9 Å². The van der Waals surface area contributed by atoms with Gasteiger partial charge in [-0.3, -0.25) is 4.79 Å². The number of carbonyl (C=O) groups is 1. The summed E-state index contributed by atoms with van der Waals surface area (Å²) in [4.78, 5) is 12.1. The van der Waals surface area contributed by atoms with E-state index in [1.165, 1.54) is 51.4 Å². The van der Waals surface area contributed by atoms with Gasteiger partial charge in [-0.2, -0.15) is 11.8 Å². The van der Waals surface area contributed by atoms with Crippen molar-refractivity contribution in [3.8, 4) is 0 Å². The highest BCUT2D eigenvalue weighted by Crippen LogP contribution is 2.20. The molecule has 0 N–H and O–H groups in total. The van der Waals surface area contributed by atoms with Crippen molar-refractivity contribution in [1.29, 1.82) is 0 Å². The molecule has 27 heavy (non-hydrogen) atoms. The van der Waals surface area contributed by atoms with Crippen molar-refractivity contribution >= 4 is 17.7 Å². The molecule has 0 saturated heterocycles. The standard InChI is InChI=1S/C22H44O4S/c1-6-7-8-9-10-11-12-13-14-15-16-26-21(23)20(2)17-27-19-22(3,25-5)18-24-4/h20H,6-19H2,1-5H3. The molecule has 0 fully saturated rings. The van der Waals surface area contributed by atoms with Crippen LogP contribution in [0.25, 0.3) is 0 Å². The van der Waals surface area contributed by atoms with E-state index >= 15 is 0 Å². The Labute approximate surface area is 172 Å². The summed E-state index contributed by atoms with van der Waals surface area (Å²) in [5, 5.41) is 0. The average Bonchev–Trinajstić information content (AvgIpc) is 2.66. The first-order chi connectivity index (χ1) is 13.0. The van der Waals surface area contributed by atoms with Crippen LogP contribution in [0.1, 0.15) is 85.0 Å². The highest BCUT2D eigenvalue weighted by atomic mass is 32.2. The fourth-order valence-electron chi connectivity index (χ4n) is 2.89. The van der Waals surface area contributed by atoms with Gasteiger partial charge in [0.15, 0.2) is 0 Å². The number of hydrogen-bond donors (Lipinski definition) is 0. The lowest BCUT2D eigenvalue weighted by molar-refractivity contribution is -0.147. The Morgan fingerprint density at radius 3 is 2.04 bits per heavy atom.